The quantitative estimate of drug-likeness (QED) is 0.711. The van der Waals surface area contributed by atoms with Gasteiger partial charge in [0.15, 0.2) is 5.82 Å². The molecule has 0 saturated heterocycles. The molecule has 0 N–H and O–H groups in total. The zero-order valence-corrected chi connectivity index (χ0v) is 8.45. The Labute approximate surface area is 86.3 Å². The monoisotopic (exact) mass is 208 g/mol. The molecule has 1 aromatic carbocycles. The largest absolute Gasteiger partial charge is 0.321 e. The number of hydrogen-bond donors (Lipinski definition) is 0. The van der Waals surface area contributed by atoms with Crippen molar-refractivity contribution < 1.29 is 4.79 Å². The minimum atomic E-state index is -0.511. The number of hydrogen-bond acceptors (Lipinski definition) is 2. The first kappa shape index (κ1) is 9.21. The van der Waals surface area contributed by atoms with Gasteiger partial charge in [-0.25, -0.2) is 4.98 Å². The standard InChI is InChI=1S/C10H9ClN2O/c1-2-13-8-6-4-3-5-7(8)12-10(13)9(11)14/h3-6H,2H2,1H3. The summed E-state index contributed by atoms with van der Waals surface area (Å²) in [6, 6.07) is 7.59. The van der Waals surface area contributed by atoms with E-state index in [1.165, 1.54) is 0 Å². The van der Waals surface area contributed by atoms with Crippen LogP contribution in [0.3, 0.4) is 0 Å². The van der Waals surface area contributed by atoms with Crippen LogP contribution in [0.25, 0.3) is 11.0 Å². The van der Waals surface area contributed by atoms with E-state index in [0.717, 1.165) is 11.0 Å². The predicted octanol–water partition coefficient (Wildman–Crippen LogP) is 2.44. The molecule has 1 aromatic heterocycles. The molecule has 4 heteroatoms. The van der Waals surface area contributed by atoms with Gasteiger partial charge < -0.3 is 4.57 Å². The number of rotatable bonds is 2. The van der Waals surface area contributed by atoms with Crippen LogP contribution in [-0.4, -0.2) is 14.8 Å². The van der Waals surface area contributed by atoms with Crippen LogP contribution in [0, 0.1) is 0 Å². The van der Waals surface area contributed by atoms with Gasteiger partial charge in [-0.1, -0.05) is 12.1 Å². The van der Waals surface area contributed by atoms with Gasteiger partial charge in [-0.05, 0) is 30.7 Å². The zero-order chi connectivity index (χ0) is 10.1. The Bertz CT molecular complexity index is 490. The van der Waals surface area contributed by atoms with Gasteiger partial charge in [-0.3, -0.25) is 4.79 Å². The number of halogens is 1. The molecule has 2 aromatic rings. The Morgan fingerprint density at radius 3 is 2.86 bits per heavy atom. The van der Waals surface area contributed by atoms with Crippen molar-refractivity contribution in [1.29, 1.82) is 0 Å². The summed E-state index contributed by atoms with van der Waals surface area (Å²) in [5.41, 5.74) is 1.75. The highest BCUT2D eigenvalue weighted by molar-refractivity contribution is 6.67. The third-order valence-electron chi connectivity index (χ3n) is 2.15. The number of nitrogens with zero attached hydrogens (tertiary/aromatic N) is 2. The molecule has 0 fully saturated rings. The average Bonchev–Trinajstić information content (AvgIpc) is 2.56. The molecule has 0 radical (unpaired) electrons. The first-order chi connectivity index (χ1) is 6.74. The number of carbonyl (C=O) groups excluding carboxylic acids is 1. The van der Waals surface area contributed by atoms with E-state index >= 15 is 0 Å². The van der Waals surface area contributed by atoms with Gasteiger partial charge in [0.25, 0.3) is 5.24 Å². The second-order valence-corrected chi connectivity index (χ2v) is 3.29. The van der Waals surface area contributed by atoms with Crippen LogP contribution < -0.4 is 0 Å². The number of fused-ring (bicyclic) bond motifs is 1. The van der Waals surface area contributed by atoms with E-state index in [1.807, 2.05) is 35.8 Å². The summed E-state index contributed by atoms with van der Waals surface area (Å²) < 4.78 is 1.81. The molecule has 0 aliphatic rings. The molecular weight excluding hydrogens is 200 g/mol. The molecule has 1 heterocycles. The van der Waals surface area contributed by atoms with Crippen LogP contribution in [0.15, 0.2) is 24.3 Å². The first-order valence-electron chi connectivity index (χ1n) is 4.39. The minimum Gasteiger partial charge on any atom is -0.321 e. The maximum Gasteiger partial charge on any atom is 0.288 e. The lowest BCUT2D eigenvalue weighted by Gasteiger charge is -2.00. The molecule has 0 aliphatic heterocycles. The highest BCUT2D eigenvalue weighted by Gasteiger charge is 2.13. The number of imidazole rings is 1. The predicted molar refractivity (Wildman–Crippen MR) is 55.6 cm³/mol. The zero-order valence-electron chi connectivity index (χ0n) is 7.70. The van der Waals surface area contributed by atoms with Gasteiger partial charge in [0.2, 0.25) is 0 Å². The molecule has 3 nitrogen and oxygen atoms in total. The fourth-order valence-electron chi connectivity index (χ4n) is 1.55. The van der Waals surface area contributed by atoms with Crippen LogP contribution in [0.4, 0.5) is 0 Å². The van der Waals surface area contributed by atoms with Crippen LogP contribution in [-0.2, 0) is 6.54 Å². The highest BCUT2D eigenvalue weighted by Crippen LogP contribution is 2.16. The summed E-state index contributed by atoms with van der Waals surface area (Å²) in [6.07, 6.45) is 0. The third-order valence-corrected chi connectivity index (χ3v) is 2.32. The maximum absolute atomic E-state index is 11.1. The van der Waals surface area contributed by atoms with E-state index in [1.54, 1.807) is 0 Å². The molecule has 0 bridgehead atoms. The van der Waals surface area contributed by atoms with Gasteiger partial charge in [-0.2, -0.15) is 0 Å². The molecule has 14 heavy (non-hydrogen) atoms. The Kier molecular flexibility index (Phi) is 2.25. The Hall–Kier alpha value is -1.35. The number of para-hydroxylation sites is 2. The Balaban J connectivity index is 2.78. The van der Waals surface area contributed by atoms with Crippen molar-refractivity contribution in [2.75, 3.05) is 0 Å². The summed E-state index contributed by atoms with van der Waals surface area (Å²) >= 11 is 5.44. The lowest BCUT2D eigenvalue weighted by atomic mass is 10.3. The normalized spacial score (nSPS) is 10.7. The lowest BCUT2D eigenvalue weighted by molar-refractivity contribution is 0.106. The third kappa shape index (κ3) is 1.30. The SMILES string of the molecule is CCn1c(C(=O)Cl)nc2ccccc21. The van der Waals surface area contributed by atoms with Gasteiger partial charge in [0, 0.05) is 6.54 Å². The van der Waals surface area contributed by atoms with E-state index in [2.05, 4.69) is 4.98 Å². The Morgan fingerprint density at radius 2 is 2.21 bits per heavy atom. The van der Waals surface area contributed by atoms with Crippen molar-refractivity contribution in [3.8, 4) is 0 Å². The number of aryl methyl sites for hydroxylation is 1. The van der Waals surface area contributed by atoms with Crippen molar-refractivity contribution in [2.24, 2.45) is 0 Å². The smallest absolute Gasteiger partial charge is 0.288 e. The van der Waals surface area contributed by atoms with Crippen molar-refractivity contribution in [3.63, 3.8) is 0 Å². The number of carbonyl (C=O) groups is 1. The second-order valence-electron chi connectivity index (χ2n) is 2.94. The first-order valence-corrected chi connectivity index (χ1v) is 4.77. The molecule has 0 atom stereocenters. The fourth-order valence-corrected chi connectivity index (χ4v) is 1.69. The molecule has 0 unspecified atom stereocenters. The van der Waals surface area contributed by atoms with Gasteiger partial charge in [-0.15, -0.1) is 0 Å². The highest BCUT2D eigenvalue weighted by atomic mass is 35.5. The van der Waals surface area contributed by atoms with Gasteiger partial charge in [0.1, 0.15) is 0 Å². The molecule has 0 saturated carbocycles. The second kappa shape index (κ2) is 3.42. The summed E-state index contributed by atoms with van der Waals surface area (Å²) in [5, 5.41) is -0.511. The number of aromatic nitrogens is 2. The van der Waals surface area contributed by atoms with Crippen molar-refractivity contribution in [3.05, 3.63) is 30.1 Å². The minimum absolute atomic E-state index is 0.315. The van der Waals surface area contributed by atoms with E-state index in [-0.39, 0.29) is 0 Å². The number of benzene rings is 1. The maximum atomic E-state index is 11.1. The van der Waals surface area contributed by atoms with E-state index in [0.29, 0.717) is 12.4 Å². The Morgan fingerprint density at radius 1 is 1.50 bits per heavy atom. The van der Waals surface area contributed by atoms with Crippen molar-refractivity contribution in [2.45, 2.75) is 13.5 Å². The van der Waals surface area contributed by atoms with E-state index in [4.69, 9.17) is 11.6 Å². The van der Waals surface area contributed by atoms with E-state index < -0.39 is 5.24 Å². The van der Waals surface area contributed by atoms with Crippen LogP contribution >= 0.6 is 11.6 Å². The molecule has 2 rings (SSSR count). The summed E-state index contributed by atoms with van der Waals surface area (Å²) in [5.74, 6) is 0.315. The topological polar surface area (TPSA) is 34.9 Å². The average molecular weight is 209 g/mol. The summed E-state index contributed by atoms with van der Waals surface area (Å²) in [4.78, 5) is 15.2. The van der Waals surface area contributed by atoms with Crippen molar-refractivity contribution >= 4 is 27.9 Å². The molecule has 0 aliphatic carbocycles. The molecule has 0 spiro atoms. The van der Waals surface area contributed by atoms with Gasteiger partial charge >= 0.3 is 0 Å². The molecular formula is C10H9ClN2O. The van der Waals surface area contributed by atoms with Crippen LogP contribution in [0.5, 0.6) is 0 Å². The molecule has 72 valence electrons. The summed E-state index contributed by atoms with van der Waals surface area (Å²) in [7, 11) is 0. The lowest BCUT2D eigenvalue weighted by Crippen LogP contribution is -2.04. The van der Waals surface area contributed by atoms with Crippen molar-refractivity contribution in [1.82, 2.24) is 9.55 Å². The van der Waals surface area contributed by atoms with Crippen LogP contribution in [0.2, 0.25) is 0 Å². The summed E-state index contributed by atoms with van der Waals surface area (Å²) in [6.45, 7) is 2.64. The van der Waals surface area contributed by atoms with Crippen LogP contribution in [0.1, 0.15) is 17.5 Å². The molecule has 0 amide bonds. The van der Waals surface area contributed by atoms with Gasteiger partial charge in [0.05, 0.1) is 11.0 Å². The fraction of sp³-hybridized carbons (Fsp3) is 0.200. The van der Waals surface area contributed by atoms with E-state index in [9.17, 15) is 4.79 Å².